The summed E-state index contributed by atoms with van der Waals surface area (Å²) in [6.45, 7) is 12.9. The highest BCUT2D eigenvalue weighted by Crippen LogP contribution is 2.24. The normalized spacial score (nSPS) is 12.4. The first-order chi connectivity index (χ1) is 12.1. The van der Waals surface area contributed by atoms with Gasteiger partial charge in [0, 0.05) is 18.8 Å². The fourth-order valence-corrected chi connectivity index (χ4v) is 2.59. The molecule has 138 valence electrons. The Hall–Kier alpha value is -2.70. The van der Waals surface area contributed by atoms with Gasteiger partial charge in [-0.1, -0.05) is 0 Å². The highest BCUT2D eigenvalue weighted by Gasteiger charge is 2.19. The third kappa shape index (κ3) is 4.09. The summed E-state index contributed by atoms with van der Waals surface area (Å²) in [6, 6.07) is 3.90. The Morgan fingerprint density at radius 2 is 1.85 bits per heavy atom. The number of ether oxygens (including phenoxy) is 1. The van der Waals surface area contributed by atoms with Gasteiger partial charge in [-0.25, -0.2) is 19.6 Å². The monoisotopic (exact) mass is 354 g/mol. The van der Waals surface area contributed by atoms with Crippen molar-refractivity contribution in [3.8, 4) is 5.88 Å². The molecule has 3 rings (SSSR count). The predicted octanol–water partition coefficient (Wildman–Crippen LogP) is 3.77. The molecule has 0 aliphatic carbocycles. The van der Waals surface area contributed by atoms with Gasteiger partial charge in [-0.2, -0.15) is 5.10 Å². The van der Waals surface area contributed by atoms with Crippen LogP contribution in [0.5, 0.6) is 5.88 Å². The maximum absolute atomic E-state index is 5.83. The fourth-order valence-electron chi connectivity index (χ4n) is 2.59. The number of nitrogens with one attached hydrogen (secondary N) is 1. The van der Waals surface area contributed by atoms with Crippen molar-refractivity contribution >= 4 is 16.9 Å². The van der Waals surface area contributed by atoms with Crippen molar-refractivity contribution in [3.63, 3.8) is 0 Å². The minimum atomic E-state index is -0.278. The number of rotatable bonds is 4. The number of nitrogens with zero attached hydrogens (tertiary/aromatic N) is 5. The lowest BCUT2D eigenvalue weighted by atomic mass is 10.1. The number of anilines is 1. The van der Waals surface area contributed by atoms with Gasteiger partial charge in [-0.05, 0) is 53.2 Å². The van der Waals surface area contributed by atoms with Gasteiger partial charge < -0.3 is 10.1 Å². The van der Waals surface area contributed by atoms with Crippen LogP contribution in [0.25, 0.3) is 11.0 Å². The molecule has 0 saturated carbocycles. The molecule has 0 aliphatic heterocycles. The fraction of sp³-hybridized carbons (Fsp3) is 0.474. The standard InChI is InChI=1S/C19H26N6O/c1-18(2,3)25-17-14(11-24-25)16(22-12-23-17)21-10-13-7-8-20-15(9-13)26-19(4,5)6/h7-9,11-12H,10H2,1-6H3,(H,21,22,23). The average Bonchev–Trinajstić information content (AvgIpc) is 2.96. The maximum atomic E-state index is 5.83. The van der Waals surface area contributed by atoms with Crippen LogP contribution in [0.2, 0.25) is 0 Å². The highest BCUT2D eigenvalue weighted by atomic mass is 16.5. The molecule has 3 aromatic rings. The van der Waals surface area contributed by atoms with Crippen LogP contribution < -0.4 is 10.1 Å². The Balaban J connectivity index is 1.80. The molecule has 0 spiro atoms. The first-order valence-electron chi connectivity index (χ1n) is 8.70. The number of pyridine rings is 1. The quantitative estimate of drug-likeness (QED) is 0.768. The third-order valence-electron chi connectivity index (χ3n) is 3.67. The van der Waals surface area contributed by atoms with Gasteiger partial charge in [-0.15, -0.1) is 0 Å². The summed E-state index contributed by atoms with van der Waals surface area (Å²) >= 11 is 0. The number of fused-ring (bicyclic) bond motifs is 1. The van der Waals surface area contributed by atoms with E-state index in [-0.39, 0.29) is 11.1 Å². The lowest BCUT2D eigenvalue weighted by Gasteiger charge is -2.20. The van der Waals surface area contributed by atoms with Crippen molar-refractivity contribution in [1.82, 2.24) is 24.7 Å². The van der Waals surface area contributed by atoms with E-state index in [4.69, 9.17) is 4.74 Å². The van der Waals surface area contributed by atoms with Crippen molar-refractivity contribution in [2.75, 3.05) is 5.32 Å². The summed E-state index contributed by atoms with van der Waals surface area (Å²) in [5.41, 5.74) is 1.47. The van der Waals surface area contributed by atoms with Crippen LogP contribution in [0.1, 0.15) is 47.1 Å². The molecule has 3 heterocycles. The minimum absolute atomic E-state index is 0.141. The first-order valence-corrected chi connectivity index (χ1v) is 8.70. The van der Waals surface area contributed by atoms with E-state index in [1.54, 1.807) is 12.5 Å². The van der Waals surface area contributed by atoms with Crippen LogP contribution in [-0.2, 0) is 12.1 Å². The zero-order chi connectivity index (χ0) is 18.9. The van der Waals surface area contributed by atoms with Crippen LogP contribution in [0.15, 0.2) is 30.9 Å². The summed E-state index contributed by atoms with van der Waals surface area (Å²) in [4.78, 5) is 13.0. The molecule has 0 radical (unpaired) electrons. The SMILES string of the molecule is CC(C)(C)Oc1cc(CNc2ncnc3c2cnn3C(C)(C)C)ccn1. The second kappa shape index (κ2) is 6.55. The summed E-state index contributed by atoms with van der Waals surface area (Å²) in [5, 5.41) is 8.76. The molecular weight excluding hydrogens is 328 g/mol. The van der Waals surface area contributed by atoms with Gasteiger partial charge >= 0.3 is 0 Å². The molecule has 0 atom stereocenters. The number of hydrogen-bond acceptors (Lipinski definition) is 6. The third-order valence-corrected chi connectivity index (χ3v) is 3.67. The zero-order valence-electron chi connectivity index (χ0n) is 16.2. The van der Waals surface area contributed by atoms with Gasteiger partial charge in [-0.3, -0.25) is 0 Å². The topological polar surface area (TPSA) is 77.8 Å². The molecule has 0 fully saturated rings. The molecule has 3 aromatic heterocycles. The zero-order valence-corrected chi connectivity index (χ0v) is 16.2. The number of hydrogen-bond donors (Lipinski definition) is 1. The molecule has 0 unspecified atom stereocenters. The van der Waals surface area contributed by atoms with Crippen molar-refractivity contribution in [3.05, 3.63) is 36.4 Å². The van der Waals surface area contributed by atoms with Crippen LogP contribution >= 0.6 is 0 Å². The molecule has 0 aromatic carbocycles. The summed E-state index contributed by atoms with van der Waals surface area (Å²) < 4.78 is 7.74. The second-order valence-corrected chi connectivity index (χ2v) is 8.26. The first kappa shape index (κ1) is 18.1. The van der Waals surface area contributed by atoms with E-state index in [0.717, 1.165) is 22.4 Å². The van der Waals surface area contributed by atoms with E-state index in [0.29, 0.717) is 12.4 Å². The molecule has 1 N–H and O–H groups in total. The summed E-state index contributed by atoms with van der Waals surface area (Å²) in [7, 11) is 0. The van der Waals surface area contributed by atoms with Crippen LogP contribution in [0.3, 0.4) is 0 Å². The molecule has 26 heavy (non-hydrogen) atoms. The Labute approximate surface area is 153 Å². The maximum Gasteiger partial charge on any atom is 0.214 e. The van der Waals surface area contributed by atoms with Gasteiger partial charge in [0.05, 0.1) is 17.1 Å². The van der Waals surface area contributed by atoms with Crippen molar-refractivity contribution in [1.29, 1.82) is 0 Å². The Kier molecular flexibility index (Phi) is 4.56. The van der Waals surface area contributed by atoms with Crippen LogP contribution in [0.4, 0.5) is 5.82 Å². The number of aromatic nitrogens is 5. The van der Waals surface area contributed by atoms with E-state index in [9.17, 15) is 0 Å². The molecule has 0 bridgehead atoms. The smallest absolute Gasteiger partial charge is 0.214 e. The molecule has 7 nitrogen and oxygen atoms in total. The molecule has 7 heteroatoms. The van der Waals surface area contributed by atoms with E-state index < -0.39 is 0 Å². The summed E-state index contributed by atoms with van der Waals surface area (Å²) in [5.74, 6) is 1.38. The van der Waals surface area contributed by atoms with E-state index in [1.807, 2.05) is 43.8 Å². The lowest BCUT2D eigenvalue weighted by molar-refractivity contribution is 0.124. The van der Waals surface area contributed by atoms with Gasteiger partial charge in [0.1, 0.15) is 17.7 Å². The van der Waals surface area contributed by atoms with E-state index in [2.05, 4.69) is 46.1 Å². The van der Waals surface area contributed by atoms with Gasteiger partial charge in [0.15, 0.2) is 5.65 Å². The minimum Gasteiger partial charge on any atom is -0.472 e. The largest absolute Gasteiger partial charge is 0.472 e. The molecular formula is C19H26N6O. The average molecular weight is 354 g/mol. The van der Waals surface area contributed by atoms with Crippen LogP contribution in [-0.4, -0.2) is 30.3 Å². The summed E-state index contributed by atoms with van der Waals surface area (Å²) in [6.07, 6.45) is 5.13. The van der Waals surface area contributed by atoms with E-state index >= 15 is 0 Å². The highest BCUT2D eigenvalue weighted by molar-refractivity contribution is 5.86. The van der Waals surface area contributed by atoms with Crippen molar-refractivity contribution < 1.29 is 4.74 Å². The molecule has 0 amide bonds. The molecule has 0 aliphatic rings. The van der Waals surface area contributed by atoms with Crippen molar-refractivity contribution in [2.45, 2.75) is 59.2 Å². The Bertz CT molecular complexity index is 904. The van der Waals surface area contributed by atoms with Gasteiger partial charge in [0.25, 0.3) is 0 Å². The predicted molar refractivity (Wildman–Crippen MR) is 102 cm³/mol. The Morgan fingerprint density at radius 3 is 2.54 bits per heavy atom. The van der Waals surface area contributed by atoms with E-state index in [1.165, 1.54) is 0 Å². The lowest BCUT2D eigenvalue weighted by Crippen LogP contribution is -2.23. The van der Waals surface area contributed by atoms with Gasteiger partial charge in [0.2, 0.25) is 5.88 Å². The van der Waals surface area contributed by atoms with Crippen molar-refractivity contribution in [2.24, 2.45) is 0 Å². The molecule has 0 saturated heterocycles. The van der Waals surface area contributed by atoms with Crippen LogP contribution in [0, 0.1) is 0 Å². The second-order valence-electron chi connectivity index (χ2n) is 8.26. The Morgan fingerprint density at radius 1 is 1.08 bits per heavy atom.